The highest BCUT2D eigenvalue weighted by atomic mass is 35.5. The van der Waals surface area contributed by atoms with Crippen LogP contribution in [0.15, 0.2) is 48.5 Å². The summed E-state index contributed by atoms with van der Waals surface area (Å²) in [6.45, 7) is 2.67. The number of anilines is 1. The summed E-state index contributed by atoms with van der Waals surface area (Å²) in [5.41, 5.74) is 1.88. The minimum absolute atomic E-state index is 0.0517. The molecule has 0 saturated carbocycles. The second-order valence-corrected chi connectivity index (χ2v) is 7.74. The van der Waals surface area contributed by atoms with E-state index in [4.69, 9.17) is 49.0 Å². The third kappa shape index (κ3) is 5.88. The maximum Gasteiger partial charge on any atom is 0.163 e. The molecule has 0 spiro atoms. The van der Waals surface area contributed by atoms with Gasteiger partial charge in [-0.15, -0.1) is 0 Å². The molecule has 4 nitrogen and oxygen atoms in total. The summed E-state index contributed by atoms with van der Waals surface area (Å²) >= 11 is 18.7. The van der Waals surface area contributed by atoms with Crippen molar-refractivity contribution >= 4 is 40.5 Å². The van der Waals surface area contributed by atoms with Crippen LogP contribution in [0.3, 0.4) is 0 Å². The second kappa shape index (κ2) is 10.8. The van der Waals surface area contributed by atoms with Crippen LogP contribution < -0.4 is 19.5 Å². The van der Waals surface area contributed by atoms with Crippen molar-refractivity contribution in [2.45, 2.75) is 20.1 Å². The van der Waals surface area contributed by atoms with Crippen LogP contribution in [-0.4, -0.2) is 13.7 Å². The van der Waals surface area contributed by atoms with Crippen molar-refractivity contribution in [3.05, 3.63) is 80.5 Å². The van der Waals surface area contributed by atoms with Gasteiger partial charge >= 0.3 is 0 Å². The fourth-order valence-corrected chi connectivity index (χ4v) is 3.58. The smallest absolute Gasteiger partial charge is 0.163 e. The summed E-state index contributed by atoms with van der Waals surface area (Å²) in [7, 11) is 1.56. The molecule has 3 rings (SSSR count). The summed E-state index contributed by atoms with van der Waals surface area (Å²) in [6.07, 6.45) is 0. The minimum Gasteiger partial charge on any atom is -0.495 e. The molecule has 0 fully saturated rings. The molecule has 0 aliphatic rings. The highest BCUT2D eigenvalue weighted by Gasteiger charge is 2.14. The Labute approximate surface area is 195 Å². The molecular weight excluding hydrogens is 464 g/mol. The van der Waals surface area contributed by atoms with Crippen molar-refractivity contribution in [1.82, 2.24) is 0 Å². The molecule has 0 unspecified atom stereocenters. The van der Waals surface area contributed by atoms with E-state index in [2.05, 4.69) is 5.32 Å². The van der Waals surface area contributed by atoms with Gasteiger partial charge in [-0.05, 0) is 48.9 Å². The number of hydrogen-bond acceptors (Lipinski definition) is 4. The first-order chi connectivity index (χ1) is 14.9. The van der Waals surface area contributed by atoms with Gasteiger partial charge in [0.25, 0.3) is 0 Å². The van der Waals surface area contributed by atoms with Gasteiger partial charge in [0.1, 0.15) is 18.2 Å². The van der Waals surface area contributed by atoms with Crippen molar-refractivity contribution in [2.75, 3.05) is 19.0 Å². The van der Waals surface area contributed by atoms with Crippen LogP contribution in [-0.2, 0) is 13.2 Å². The lowest BCUT2D eigenvalue weighted by atomic mass is 10.1. The van der Waals surface area contributed by atoms with Crippen LogP contribution in [0, 0.1) is 5.82 Å². The molecule has 0 bridgehead atoms. The quantitative estimate of drug-likeness (QED) is 0.344. The number of hydrogen-bond donors (Lipinski definition) is 1. The maximum atomic E-state index is 14.0. The van der Waals surface area contributed by atoms with E-state index in [1.165, 1.54) is 6.07 Å². The van der Waals surface area contributed by atoms with Crippen molar-refractivity contribution < 1.29 is 18.6 Å². The Kier molecular flexibility index (Phi) is 8.13. The molecule has 0 atom stereocenters. The van der Waals surface area contributed by atoms with E-state index < -0.39 is 5.82 Å². The average Bonchev–Trinajstić information content (AvgIpc) is 2.74. The van der Waals surface area contributed by atoms with Gasteiger partial charge in [-0.25, -0.2) is 4.39 Å². The lowest BCUT2D eigenvalue weighted by Gasteiger charge is -2.16. The summed E-state index contributed by atoms with van der Waals surface area (Å²) in [5.74, 6) is 1.07. The van der Waals surface area contributed by atoms with Crippen molar-refractivity contribution in [2.24, 2.45) is 0 Å². The van der Waals surface area contributed by atoms with E-state index in [9.17, 15) is 4.39 Å². The first kappa shape index (κ1) is 23.3. The largest absolute Gasteiger partial charge is 0.495 e. The highest BCUT2D eigenvalue weighted by molar-refractivity contribution is 6.32. The van der Waals surface area contributed by atoms with Crippen LogP contribution in [0.1, 0.15) is 18.1 Å². The van der Waals surface area contributed by atoms with Crippen molar-refractivity contribution in [1.29, 1.82) is 0 Å². The molecule has 8 heteroatoms. The monoisotopic (exact) mass is 483 g/mol. The molecular formula is C23H21Cl3FNO3. The summed E-state index contributed by atoms with van der Waals surface area (Å²) in [6, 6.07) is 13.3. The molecule has 0 heterocycles. The molecule has 3 aromatic carbocycles. The zero-order chi connectivity index (χ0) is 22.4. The van der Waals surface area contributed by atoms with Crippen LogP contribution in [0.5, 0.6) is 17.2 Å². The predicted molar refractivity (Wildman–Crippen MR) is 124 cm³/mol. The van der Waals surface area contributed by atoms with Crippen molar-refractivity contribution in [3.63, 3.8) is 0 Å². The fourth-order valence-electron chi connectivity index (χ4n) is 2.89. The standard InChI is InChI=1S/C23H21Cl3FNO3/c1-3-30-22-9-14(12-28-15-7-8-21(29-2)19(26)10-15)18(25)11-23(22)31-13-16-17(24)5-4-6-20(16)27/h4-11,28H,3,12-13H2,1-2H3. The third-order valence-corrected chi connectivity index (χ3v) is 5.48. The topological polar surface area (TPSA) is 39.7 Å². The van der Waals surface area contributed by atoms with Crippen LogP contribution in [0.4, 0.5) is 10.1 Å². The van der Waals surface area contributed by atoms with Gasteiger partial charge in [-0.2, -0.15) is 0 Å². The van der Waals surface area contributed by atoms with E-state index in [1.807, 2.05) is 13.0 Å². The summed E-state index contributed by atoms with van der Waals surface area (Å²) in [5, 5.41) is 4.54. The number of rotatable bonds is 9. The van der Waals surface area contributed by atoms with Gasteiger partial charge in [-0.3, -0.25) is 0 Å². The van der Waals surface area contributed by atoms with Crippen LogP contribution >= 0.6 is 34.8 Å². The Morgan fingerprint density at radius 1 is 0.871 bits per heavy atom. The van der Waals surface area contributed by atoms with E-state index in [-0.39, 0.29) is 12.2 Å². The van der Waals surface area contributed by atoms with E-state index in [0.29, 0.717) is 45.5 Å². The average molecular weight is 485 g/mol. The zero-order valence-corrected chi connectivity index (χ0v) is 19.2. The number of nitrogens with one attached hydrogen (secondary N) is 1. The third-order valence-electron chi connectivity index (χ3n) is 4.48. The molecule has 0 aliphatic carbocycles. The number of ether oxygens (including phenoxy) is 3. The zero-order valence-electron chi connectivity index (χ0n) is 17.0. The lowest BCUT2D eigenvalue weighted by Crippen LogP contribution is -2.05. The highest BCUT2D eigenvalue weighted by Crippen LogP contribution is 2.35. The van der Waals surface area contributed by atoms with Gasteiger partial charge in [0.05, 0.1) is 23.8 Å². The first-order valence-corrected chi connectivity index (χ1v) is 10.6. The maximum absolute atomic E-state index is 14.0. The van der Waals surface area contributed by atoms with Gasteiger partial charge in [0.2, 0.25) is 0 Å². The molecule has 3 aromatic rings. The summed E-state index contributed by atoms with van der Waals surface area (Å²) < 4.78 is 30.7. The summed E-state index contributed by atoms with van der Waals surface area (Å²) in [4.78, 5) is 0. The minimum atomic E-state index is -0.435. The normalized spacial score (nSPS) is 10.6. The Balaban J connectivity index is 1.77. The molecule has 0 aliphatic heterocycles. The number of benzene rings is 3. The Morgan fingerprint density at radius 3 is 2.32 bits per heavy atom. The van der Waals surface area contributed by atoms with E-state index in [1.54, 1.807) is 43.5 Å². The predicted octanol–water partition coefficient (Wildman–Crippen LogP) is 7.38. The SMILES string of the molecule is CCOc1cc(CNc2ccc(OC)c(Cl)c2)c(Cl)cc1OCc1c(F)cccc1Cl. The van der Waals surface area contributed by atoms with E-state index >= 15 is 0 Å². The Bertz CT molecular complexity index is 1040. The molecule has 164 valence electrons. The van der Waals surface area contributed by atoms with Gasteiger partial charge in [-0.1, -0.05) is 40.9 Å². The number of halogens is 4. The van der Waals surface area contributed by atoms with Crippen molar-refractivity contribution in [3.8, 4) is 17.2 Å². The number of methoxy groups -OCH3 is 1. The lowest BCUT2D eigenvalue weighted by molar-refractivity contribution is 0.265. The molecule has 1 N–H and O–H groups in total. The Morgan fingerprint density at radius 2 is 1.65 bits per heavy atom. The molecule has 31 heavy (non-hydrogen) atoms. The molecule has 0 radical (unpaired) electrons. The fraction of sp³-hybridized carbons (Fsp3) is 0.217. The van der Waals surface area contributed by atoms with E-state index in [0.717, 1.165) is 11.3 Å². The van der Waals surface area contributed by atoms with Gasteiger partial charge < -0.3 is 19.5 Å². The van der Waals surface area contributed by atoms with Gasteiger partial charge in [0, 0.05) is 28.9 Å². The van der Waals surface area contributed by atoms with Crippen LogP contribution in [0.2, 0.25) is 15.1 Å². The second-order valence-electron chi connectivity index (χ2n) is 6.52. The van der Waals surface area contributed by atoms with Crippen LogP contribution in [0.25, 0.3) is 0 Å². The molecule has 0 aromatic heterocycles. The van der Waals surface area contributed by atoms with Gasteiger partial charge in [0.15, 0.2) is 11.5 Å². The first-order valence-electron chi connectivity index (χ1n) is 9.51. The molecule has 0 amide bonds. The molecule has 0 saturated heterocycles. The Hall–Kier alpha value is -2.34.